The van der Waals surface area contributed by atoms with E-state index in [1.807, 2.05) is 42.5 Å². The lowest BCUT2D eigenvalue weighted by atomic mass is 9.79. The largest absolute Gasteiger partial charge is 0.494 e. The Kier molecular flexibility index (Phi) is 3.92. The minimum atomic E-state index is -0.386. The summed E-state index contributed by atoms with van der Waals surface area (Å²) in [5, 5.41) is 2.96. The van der Waals surface area contributed by atoms with Crippen LogP contribution in [0.15, 0.2) is 42.5 Å². The Hall–Kier alpha value is -2.64. The summed E-state index contributed by atoms with van der Waals surface area (Å²) < 4.78 is 14.4. The Morgan fingerprint density at radius 3 is 2.41 bits per heavy atom. The average Bonchev–Trinajstić information content (AvgIpc) is 3.08. The summed E-state index contributed by atoms with van der Waals surface area (Å²) in [5.41, 5.74) is 3.66. The number of hydrogen-bond donors (Lipinski definition) is 1. The monoisotopic (exact) mass is 389 g/mol. The summed E-state index contributed by atoms with van der Waals surface area (Å²) in [5.74, 6) is 0.821. The molecule has 3 heterocycles. The van der Waals surface area contributed by atoms with Gasteiger partial charge in [0.05, 0.1) is 27.8 Å². The zero-order valence-electron chi connectivity index (χ0n) is 17.2. The van der Waals surface area contributed by atoms with Crippen molar-refractivity contribution in [2.75, 3.05) is 6.54 Å². The highest BCUT2D eigenvalue weighted by Crippen LogP contribution is 2.36. The van der Waals surface area contributed by atoms with Gasteiger partial charge in [0.2, 0.25) is 0 Å². The molecule has 29 heavy (non-hydrogen) atoms. The van der Waals surface area contributed by atoms with Gasteiger partial charge in [0.25, 0.3) is 5.91 Å². The van der Waals surface area contributed by atoms with Gasteiger partial charge in [0.15, 0.2) is 0 Å². The van der Waals surface area contributed by atoms with Gasteiger partial charge in [-0.25, -0.2) is 4.98 Å². The van der Waals surface area contributed by atoms with E-state index in [0.717, 1.165) is 27.9 Å². The van der Waals surface area contributed by atoms with Gasteiger partial charge in [-0.15, -0.1) is 0 Å². The molecule has 148 valence electrons. The Labute approximate surface area is 170 Å². The number of nitrogens with one attached hydrogen (secondary N) is 1. The number of carbonyl (C=O) groups is 1. The molecule has 2 aromatic carbocycles. The topological polar surface area (TPSA) is 65.4 Å². The maximum atomic E-state index is 12.4. The maximum Gasteiger partial charge on any atom is 0.494 e. The molecule has 1 N–H and O–H groups in total. The van der Waals surface area contributed by atoms with Crippen LogP contribution in [0.25, 0.3) is 22.4 Å². The van der Waals surface area contributed by atoms with E-state index in [2.05, 4.69) is 37.6 Å². The fraction of sp³-hybridized carbons (Fsp3) is 0.364. The summed E-state index contributed by atoms with van der Waals surface area (Å²) >= 11 is 0. The number of imidazole rings is 1. The molecule has 0 saturated carbocycles. The maximum absolute atomic E-state index is 12.4. The molecule has 3 aromatic rings. The second-order valence-corrected chi connectivity index (χ2v) is 8.73. The van der Waals surface area contributed by atoms with Gasteiger partial charge in [-0.05, 0) is 45.3 Å². The minimum absolute atomic E-state index is 0.0445. The molecule has 0 radical (unpaired) electrons. The third-order valence-corrected chi connectivity index (χ3v) is 6.33. The SMILES string of the molecule is CC1(C)OB(c2ccc(-c3nc4cccc5c4n3CCNC5=O)cc2)OC1(C)C. The lowest BCUT2D eigenvalue weighted by Gasteiger charge is -2.32. The van der Waals surface area contributed by atoms with Crippen LogP contribution < -0.4 is 10.8 Å². The van der Waals surface area contributed by atoms with Crippen molar-refractivity contribution in [3.63, 3.8) is 0 Å². The normalized spacial score (nSPS) is 20.0. The van der Waals surface area contributed by atoms with Gasteiger partial charge in [-0.2, -0.15) is 0 Å². The number of aromatic nitrogens is 2. The van der Waals surface area contributed by atoms with E-state index in [4.69, 9.17) is 14.3 Å². The molecule has 6 nitrogen and oxygen atoms in total. The van der Waals surface area contributed by atoms with Crippen LogP contribution in [0.4, 0.5) is 0 Å². The van der Waals surface area contributed by atoms with Gasteiger partial charge in [-0.3, -0.25) is 4.79 Å². The number of para-hydroxylation sites is 1. The Balaban J connectivity index is 1.53. The molecule has 1 aromatic heterocycles. The van der Waals surface area contributed by atoms with Crippen molar-refractivity contribution in [3.8, 4) is 11.4 Å². The van der Waals surface area contributed by atoms with Crippen molar-refractivity contribution in [2.24, 2.45) is 0 Å². The minimum Gasteiger partial charge on any atom is -0.399 e. The Morgan fingerprint density at radius 1 is 1.03 bits per heavy atom. The summed E-state index contributed by atoms with van der Waals surface area (Å²) in [7, 11) is -0.386. The number of benzene rings is 2. The van der Waals surface area contributed by atoms with Gasteiger partial charge < -0.3 is 19.2 Å². The Morgan fingerprint density at radius 2 is 1.72 bits per heavy atom. The van der Waals surface area contributed by atoms with E-state index in [0.29, 0.717) is 18.7 Å². The van der Waals surface area contributed by atoms with E-state index >= 15 is 0 Å². The van der Waals surface area contributed by atoms with Crippen molar-refractivity contribution in [2.45, 2.75) is 45.4 Å². The van der Waals surface area contributed by atoms with E-state index in [9.17, 15) is 4.79 Å². The smallest absolute Gasteiger partial charge is 0.399 e. The summed E-state index contributed by atoms with van der Waals surface area (Å²) in [4.78, 5) is 17.2. The van der Waals surface area contributed by atoms with E-state index in [-0.39, 0.29) is 24.2 Å². The molecule has 0 spiro atoms. The predicted molar refractivity (Wildman–Crippen MR) is 113 cm³/mol. The van der Waals surface area contributed by atoms with Crippen LogP contribution in [-0.4, -0.2) is 40.3 Å². The first-order chi connectivity index (χ1) is 13.8. The van der Waals surface area contributed by atoms with Crippen LogP contribution in [0.2, 0.25) is 0 Å². The predicted octanol–water partition coefficient (Wildman–Crippen LogP) is 2.75. The number of hydrogen-bond acceptors (Lipinski definition) is 4. The number of amides is 1. The number of carbonyl (C=O) groups excluding carboxylic acids is 1. The first kappa shape index (κ1) is 18.4. The molecule has 0 atom stereocenters. The lowest BCUT2D eigenvalue weighted by molar-refractivity contribution is 0.00578. The van der Waals surface area contributed by atoms with Gasteiger partial charge in [-0.1, -0.05) is 30.3 Å². The lowest BCUT2D eigenvalue weighted by Crippen LogP contribution is -2.41. The van der Waals surface area contributed by atoms with Crippen LogP contribution in [0.1, 0.15) is 38.1 Å². The van der Waals surface area contributed by atoms with Crippen molar-refractivity contribution in [1.29, 1.82) is 0 Å². The van der Waals surface area contributed by atoms with Crippen LogP contribution >= 0.6 is 0 Å². The molecule has 2 aliphatic rings. The third-order valence-electron chi connectivity index (χ3n) is 6.33. The molecule has 7 heteroatoms. The van der Waals surface area contributed by atoms with Gasteiger partial charge >= 0.3 is 7.12 Å². The fourth-order valence-corrected chi connectivity index (χ4v) is 3.95. The van der Waals surface area contributed by atoms with E-state index < -0.39 is 0 Å². The summed E-state index contributed by atoms with van der Waals surface area (Å²) in [6, 6.07) is 13.8. The average molecular weight is 389 g/mol. The molecule has 0 aliphatic carbocycles. The molecule has 0 unspecified atom stereocenters. The van der Waals surface area contributed by atoms with Crippen molar-refractivity contribution in [1.82, 2.24) is 14.9 Å². The highest BCUT2D eigenvalue weighted by Gasteiger charge is 2.51. The van der Waals surface area contributed by atoms with Crippen LogP contribution in [-0.2, 0) is 15.9 Å². The third kappa shape index (κ3) is 2.80. The second kappa shape index (κ2) is 6.18. The molecule has 1 saturated heterocycles. The molecular formula is C22H24BN3O3. The first-order valence-corrected chi connectivity index (χ1v) is 10.0. The zero-order valence-corrected chi connectivity index (χ0v) is 17.2. The van der Waals surface area contributed by atoms with Gasteiger partial charge in [0.1, 0.15) is 5.82 Å². The van der Waals surface area contributed by atoms with E-state index in [1.165, 1.54) is 0 Å². The zero-order chi connectivity index (χ0) is 20.4. The number of nitrogens with zero attached hydrogens (tertiary/aromatic N) is 2. The molecule has 1 amide bonds. The first-order valence-electron chi connectivity index (χ1n) is 10.0. The van der Waals surface area contributed by atoms with Crippen LogP contribution in [0.3, 0.4) is 0 Å². The molecule has 0 bridgehead atoms. The molecular weight excluding hydrogens is 365 g/mol. The van der Waals surface area contributed by atoms with E-state index in [1.54, 1.807) is 0 Å². The standard InChI is InChI=1S/C22H24BN3O3/c1-21(2)22(3,4)29-23(28-21)15-10-8-14(9-11-15)19-25-17-7-5-6-16-18(17)26(19)13-12-24-20(16)27/h5-11H,12-13H2,1-4H3,(H,24,27). The van der Waals surface area contributed by atoms with Crippen LogP contribution in [0, 0.1) is 0 Å². The van der Waals surface area contributed by atoms with Gasteiger partial charge in [0, 0.05) is 18.7 Å². The second-order valence-electron chi connectivity index (χ2n) is 8.73. The highest BCUT2D eigenvalue weighted by molar-refractivity contribution is 6.62. The fourth-order valence-electron chi connectivity index (χ4n) is 3.95. The molecule has 1 fully saturated rings. The summed E-state index contributed by atoms with van der Waals surface area (Å²) in [6.07, 6.45) is 0. The number of rotatable bonds is 2. The Bertz CT molecular complexity index is 1100. The van der Waals surface area contributed by atoms with Crippen molar-refractivity contribution in [3.05, 3.63) is 48.0 Å². The highest BCUT2D eigenvalue weighted by atomic mass is 16.7. The quantitative estimate of drug-likeness (QED) is 0.685. The van der Waals surface area contributed by atoms with Crippen molar-refractivity contribution < 1.29 is 14.1 Å². The molecule has 5 rings (SSSR count). The van der Waals surface area contributed by atoms with Crippen molar-refractivity contribution >= 4 is 29.5 Å². The van der Waals surface area contributed by atoms with Crippen LogP contribution in [0.5, 0.6) is 0 Å². The summed E-state index contributed by atoms with van der Waals surface area (Å²) in [6.45, 7) is 9.48. The molecule has 2 aliphatic heterocycles.